The Hall–Kier alpha value is -1.35. The molecule has 0 spiro atoms. The number of benzene rings is 1. The van der Waals surface area contributed by atoms with E-state index in [-0.39, 0.29) is 0 Å². The Morgan fingerprint density at radius 3 is 2.33 bits per heavy atom. The monoisotopic (exact) mass is 247 g/mol. The number of carbonyl (C=O) groups excluding carboxylic acids is 1. The summed E-state index contributed by atoms with van der Waals surface area (Å²) in [6.07, 6.45) is 0.897. The van der Waals surface area contributed by atoms with Gasteiger partial charge in [-0.2, -0.15) is 0 Å². The predicted octanol–water partition coefficient (Wildman–Crippen LogP) is 0.860. The number of carbonyl (C=O) groups is 1. The van der Waals surface area contributed by atoms with Gasteiger partial charge in [0.05, 0.1) is 32.7 Å². The molecule has 0 saturated carbocycles. The highest BCUT2D eigenvalue weighted by Crippen LogP contribution is 2.14. The van der Waals surface area contributed by atoms with E-state index < -0.39 is 0 Å². The quantitative estimate of drug-likeness (QED) is 0.798. The van der Waals surface area contributed by atoms with E-state index in [4.69, 9.17) is 0 Å². The molecule has 3 nitrogen and oxygen atoms in total. The van der Waals surface area contributed by atoms with Crippen LogP contribution in [-0.4, -0.2) is 39.0 Å². The summed E-state index contributed by atoms with van der Waals surface area (Å²) < 4.78 is 0. The molecule has 1 heterocycles. The van der Waals surface area contributed by atoms with E-state index in [1.54, 1.807) is 4.90 Å². The highest BCUT2D eigenvalue weighted by Gasteiger charge is 2.20. The van der Waals surface area contributed by atoms with E-state index in [0.29, 0.717) is 0 Å². The Morgan fingerprint density at radius 2 is 1.83 bits per heavy atom. The Bertz CT molecular complexity index is 378. The third kappa shape index (κ3) is 3.33. The maximum Gasteiger partial charge on any atom is 0.150 e. The average Bonchev–Trinajstić information content (AvgIpc) is 2.39. The zero-order valence-corrected chi connectivity index (χ0v) is 11.4. The Morgan fingerprint density at radius 1 is 1.22 bits per heavy atom. The summed E-state index contributed by atoms with van der Waals surface area (Å²) in [5.41, 5.74) is 1.99. The maximum atomic E-state index is 10.6. The molecule has 1 saturated heterocycles. The van der Waals surface area contributed by atoms with Crippen molar-refractivity contribution in [3.63, 3.8) is 0 Å². The zero-order chi connectivity index (χ0) is 13.0. The first-order valence-corrected chi connectivity index (χ1v) is 6.83. The van der Waals surface area contributed by atoms with Gasteiger partial charge in [-0.15, -0.1) is 0 Å². The van der Waals surface area contributed by atoms with Crippen LogP contribution in [0.4, 0.5) is 5.69 Å². The summed E-state index contributed by atoms with van der Waals surface area (Å²) in [7, 11) is 0. The molecule has 98 valence electrons. The highest BCUT2D eigenvalue weighted by molar-refractivity contribution is 5.75. The Balaban J connectivity index is 1.90. The van der Waals surface area contributed by atoms with Crippen molar-refractivity contribution in [1.29, 1.82) is 0 Å². The van der Waals surface area contributed by atoms with E-state index in [0.717, 1.165) is 30.9 Å². The number of aldehydes is 1. The standard InChI is InChI=1S/C15H22N2O/c1-13(2)11-16-7-9-17(10-8-16)15-5-3-14(12-18)4-6-15/h3-6,12-13H,7-11H2,1-2H3/p+1. The number of quaternary nitrogens is 1. The summed E-state index contributed by atoms with van der Waals surface area (Å²) in [5.74, 6) is 0.776. The summed E-state index contributed by atoms with van der Waals surface area (Å²) >= 11 is 0. The lowest BCUT2D eigenvalue weighted by Crippen LogP contribution is -3.15. The van der Waals surface area contributed by atoms with Crippen molar-refractivity contribution in [3.05, 3.63) is 29.8 Å². The van der Waals surface area contributed by atoms with E-state index in [9.17, 15) is 4.79 Å². The molecule has 2 rings (SSSR count). The van der Waals surface area contributed by atoms with Gasteiger partial charge in [0.1, 0.15) is 6.29 Å². The molecule has 3 heteroatoms. The molecular formula is C15H23N2O+. The van der Waals surface area contributed by atoms with Crippen molar-refractivity contribution < 1.29 is 9.69 Å². The normalized spacial score (nSPS) is 17.2. The van der Waals surface area contributed by atoms with Crippen molar-refractivity contribution in [1.82, 2.24) is 0 Å². The van der Waals surface area contributed by atoms with Crippen LogP contribution in [0.2, 0.25) is 0 Å². The number of nitrogens with one attached hydrogen (secondary N) is 1. The van der Waals surface area contributed by atoms with E-state index in [1.165, 1.54) is 25.3 Å². The summed E-state index contributed by atoms with van der Waals surface area (Å²) in [5, 5.41) is 0. The van der Waals surface area contributed by atoms with Crippen molar-refractivity contribution in [2.75, 3.05) is 37.6 Å². The fourth-order valence-electron chi connectivity index (χ4n) is 2.63. The lowest BCUT2D eigenvalue weighted by atomic mass is 10.1. The number of hydrogen-bond acceptors (Lipinski definition) is 2. The predicted molar refractivity (Wildman–Crippen MR) is 74.4 cm³/mol. The lowest BCUT2D eigenvalue weighted by Gasteiger charge is -2.34. The van der Waals surface area contributed by atoms with Crippen molar-refractivity contribution in [2.24, 2.45) is 5.92 Å². The van der Waals surface area contributed by atoms with Crippen molar-refractivity contribution >= 4 is 12.0 Å². The van der Waals surface area contributed by atoms with Gasteiger partial charge in [0.2, 0.25) is 0 Å². The minimum atomic E-state index is 0.753. The summed E-state index contributed by atoms with van der Waals surface area (Å²) in [6, 6.07) is 7.90. The molecule has 1 aromatic rings. The van der Waals surface area contributed by atoms with E-state index in [1.807, 2.05) is 12.1 Å². The minimum Gasteiger partial charge on any atom is -0.360 e. The number of piperazine rings is 1. The lowest BCUT2D eigenvalue weighted by molar-refractivity contribution is -0.903. The van der Waals surface area contributed by atoms with Gasteiger partial charge in [-0.05, 0) is 24.3 Å². The van der Waals surface area contributed by atoms with Gasteiger partial charge in [-0.1, -0.05) is 13.8 Å². The SMILES string of the molecule is CC(C)C[NH+]1CCN(c2ccc(C=O)cc2)CC1. The van der Waals surface area contributed by atoms with Gasteiger partial charge < -0.3 is 9.80 Å². The van der Waals surface area contributed by atoms with Crippen LogP contribution in [0, 0.1) is 5.92 Å². The van der Waals surface area contributed by atoms with Crippen molar-refractivity contribution in [3.8, 4) is 0 Å². The molecule has 0 bridgehead atoms. The van der Waals surface area contributed by atoms with Crippen LogP contribution in [0.15, 0.2) is 24.3 Å². The number of hydrogen-bond donors (Lipinski definition) is 1. The number of nitrogens with zero attached hydrogens (tertiary/aromatic N) is 1. The van der Waals surface area contributed by atoms with Crippen molar-refractivity contribution in [2.45, 2.75) is 13.8 Å². The van der Waals surface area contributed by atoms with Crippen LogP contribution in [0.25, 0.3) is 0 Å². The van der Waals surface area contributed by atoms with Crippen LogP contribution in [0.5, 0.6) is 0 Å². The second-order valence-corrected chi connectivity index (χ2v) is 5.54. The zero-order valence-electron chi connectivity index (χ0n) is 11.4. The van der Waals surface area contributed by atoms with Gasteiger partial charge in [0.15, 0.2) is 0 Å². The molecule has 18 heavy (non-hydrogen) atoms. The first-order valence-electron chi connectivity index (χ1n) is 6.83. The molecule has 1 aromatic carbocycles. The molecule has 0 radical (unpaired) electrons. The smallest absolute Gasteiger partial charge is 0.150 e. The van der Waals surface area contributed by atoms with Gasteiger partial charge in [-0.3, -0.25) is 4.79 Å². The number of anilines is 1. The van der Waals surface area contributed by atoms with Gasteiger partial charge in [-0.25, -0.2) is 0 Å². The minimum absolute atomic E-state index is 0.753. The molecule has 1 N–H and O–H groups in total. The molecule has 0 unspecified atom stereocenters. The fourth-order valence-corrected chi connectivity index (χ4v) is 2.63. The molecule has 1 aliphatic rings. The first kappa shape index (κ1) is 13.1. The van der Waals surface area contributed by atoms with Crippen LogP contribution < -0.4 is 9.80 Å². The third-order valence-corrected chi connectivity index (χ3v) is 3.56. The first-order chi connectivity index (χ1) is 8.69. The topological polar surface area (TPSA) is 24.8 Å². The average molecular weight is 247 g/mol. The fraction of sp³-hybridized carbons (Fsp3) is 0.533. The van der Waals surface area contributed by atoms with E-state index in [2.05, 4.69) is 30.9 Å². The second-order valence-electron chi connectivity index (χ2n) is 5.54. The molecule has 0 amide bonds. The molecule has 0 aliphatic carbocycles. The largest absolute Gasteiger partial charge is 0.360 e. The van der Waals surface area contributed by atoms with Crippen LogP contribution in [0.1, 0.15) is 24.2 Å². The van der Waals surface area contributed by atoms with Gasteiger partial charge in [0.25, 0.3) is 0 Å². The molecule has 0 aromatic heterocycles. The Kier molecular flexibility index (Phi) is 4.37. The molecule has 1 aliphatic heterocycles. The highest BCUT2D eigenvalue weighted by atomic mass is 16.1. The molecular weight excluding hydrogens is 224 g/mol. The molecule has 0 atom stereocenters. The van der Waals surface area contributed by atoms with E-state index >= 15 is 0 Å². The van der Waals surface area contributed by atoms with Crippen LogP contribution in [0.3, 0.4) is 0 Å². The number of rotatable bonds is 4. The van der Waals surface area contributed by atoms with Gasteiger partial charge >= 0.3 is 0 Å². The third-order valence-electron chi connectivity index (χ3n) is 3.56. The molecule has 1 fully saturated rings. The maximum absolute atomic E-state index is 10.6. The Labute approximate surface area is 109 Å². The second kappa shape index (κ2) is 6.01. The van der Waals surface area contributed by atoms with Gasteiger partial charge in [0, 0.05) is 17.2 Å². The van der Waals surface area contributed by atoms with Crippen LogP contribution in [-0.2, 0) is 0 Å². The summed E-state index contributed by atoms with van der Waals surface area (Å²) in [4.78, 5) is 14.8. The van der Waals surface area contributed by atoms with Crippen LogP contribution >= 0.6 is 0 Å². The summed E-state index contributed by atoms with van der Waals surface area (Å²) in [6.45, 7) is 10.5.